The van der Waals surface area contributed by atoms with Gasteiger partial charge in [-0.1, -0.05) is 6.07 Å². The van der Waals surface area contributed by atoms with E-state index in [2.05, 4.69) is 15.1 Å². The van der Waals surface area contributed by atoms with Crippen LogP contribution in [0.25, 0.3) is 33.7 Å². The summed E-state index contributed by atoms with van der Waals surface area (Å²) in [6.07, 6.45) is 5.25. The fourth-order valence-electron chi connectivity index (χ4n) is 2.97. The maximum absolute atomic E-state index is 11.1. The highest BCUT2D eigenvalue weighted by atomic mass is 16.5. The van der Waals surface area contributed by atoms with Crippen molar-refractivity contribution in [3.8, 4) is 22.6 Å². The SMILES string of the molecule is O=C(O)c1cc(-c2nc3cc(-c4cnn(C5COC5)c4)ccc3o2)ccn1. The molecule has 0 atom stereocenters. The zero-order valence-electron chi connectivity index (χ0n) is 14.1. The molecule has 0 bridgehead atoms. The van der Waals surface area contributed by atoms with Gasteiger partial charge < -0.3 is 14.3 Å². The third-order valence-corrected chi connectivity index (χ3v) is 4.54. The Labute approximate surface area is 153 Å². The molecule has 4 aromatic rings. The van der Waals surface area contributed by atoms with E-state index < -0.39 is 5.97 Å². The van der Waals surface area contributed by atoms with E-state index in [1.54, 1.807) is 6.07 Å². The molecule has 0 radical (unpaired) electrons. The Balaban J connectivity index is 1.50. The van der Waals surface area contributed by atoms with Gasteiger partial charge in [-0.15, -0.1) is 0 Å². The molecule has 0 spiro atoms. The summed E-state index contributed by atoms with van der Waals surface area (Å²) in [6, 6.07) is 9.15. The molecule has 27 heavy (non-hydrogen) atoms. The van der Waals surface area contributed by atoms with Gasteiger partial charge in [-0.25, -0.2) is 14.8 Å². The van der Waals surface area contributed by atoms with Crippen LogP contribution >= 0.6 is 0 Å². The highest BCUT2D eigenvalue weighted by molar-refractivity contribution is 5.87. The van der Waals surface area contributed by atoms with Crippen molar-refractivity contribution in [3.05, 3.63) is 54.6 Å². The van der Waals surface area contributed by atoms with Gasteiger partial charge in [0.15, 0.2) is 5.58 Å². The first kappa shape index (κ1) is 15.7. The van der Waals surface area contributed by atoms with Crippen molar-refractivity contribution in [1.82, 2.24) is 19.7 Å². The molecule has 0 saturated carbocycles. The lowest BCUT2D eigenvalue weighted by Gasteiger charge is -2.25. The van der Waals surface area contributed by atoms with Crippen LogP contribution in [-0.2, 0) is 4.74 Å². The lowest BCUT2D eigenvalue weighted by molar-refractivity contribution is -0.0286. The average Bonchev–Trinajstić information content (AvgIpc) is 3.26. The Bertz CT molecular complexity index is 1160. The molecule has 1 aliphatic rings. The van der Waals surface area contributed by atoms with Crippen molar-refractivity contribution in [2.75, 3.05) is 13.2 Å². The number of aromatic nitrogens is 4. The van der Waals surface area contributed by atoms with Crippen LogP contribution in [0.4, 0.5) is 0 Å². The molecule has 1 N–H and O–H groups in total. The summed E-state index contributed by atoms with van der Waals surface area (Å²) in [6.45, 7) is 1.38. The van der Waals surface area contributed by atoms with Gasteiger partial charge >= 0.3 is 5.97 Å². The van der Waals surface area contributed by atoms with Crippen LogP contribution in [0.1, 0.15) is 16.5 Å². The molecule has 5 rings (SSSR count). The molecule has 0 aliphatic carbocycles. The highest BCUT2D eigenvalue weighted by Gasteiger charge is 2.21. The second-order valence-corrected chi connectivity index (χ2v) is 6.34. The Kier molecular flexibility index (Phi) is 3.51. The fourth-order valence-corrected chi connectivity index (χ4v) is 2.97. The zero-order chi connectivity index (χ0) is 18.4. The largest absolute Gasteiger partial charge is 0.477 e. The Morgan fingerprint density at radius 1 is 1.15 bits per heavy atom. The summed E-state index contributed by atoms with van der Waals surface area (Å²) in [4.78, 5) is 19.4. The van der Waals surface area contributed by atoms with Crippen LogP contribution in [0.5, 0.6) is 0 Å². The summed E-state index contributed by atoms with van der Waals surface area (Å²) >= 11 is 0. The van der Waals surface area contributed by atoms with Gasteiger partial charge in [0.2, 0.25) is 5.89 Å². The highest BCUT2D eigenvalue weighted by Crippen LogP contribution is 2.29. The summed E-state index contributed by atoms with van der Waals surface area (Å²) in [7, 11) is 0. The van der Waals surface area contributed by atoms with E-state index in [1.807, 2.05) is 35.3 Å². The summed E-state index contributed by atoms with van der Waals surface area (Å²) in [5.74, 6) is -0.738. The average molecular weight is 362 g/mol. The van der Waals surface area contributed by atoms with Crippen molar-refractivity contribution in [1.29, 1.82) is 0 Å². The van der Waals surface area contributed by atoms with Gasteiger partial charge in [0, 0.05) is 23.5 Å². The number of ether oxygens (including phenoxy) is 1. The number of carboxylic acid groups (broad SMARTS) is 1. The molecule has 1 saturated heterocycles. The van der Waals surface area contributed by atoms with E-state index in [9.17, 15) is 4.79 Å². The number of pyridine rings is 1. The second-order valence-electron chi connectivity index (χ2n) is 6.34. The molecule has 134 valence electrons. The van der Waals surface area contributed by atoms with Crippen molar-refractivity contribution < 1.29 is 19.1 Å². The van der Waals surface area contributed by atoms with Crippen LogP contribution < -0.4 is 0 Å². The van der Waals surface area contributed by atoms with Gasteiger partial charge in [-0.2, -0.15) is 5.10 Å². The first-order valence-corrected chi connectivity index (χ1v) is 8.40. The number of fused-ring (bicyclic) bond motifs is 1. The minimum Gasteiger partial charge on any atom is -0.477 e. The molecule has 8 nitrogen and oxygen atoms in total. The van der Waals surface area contributed by atoms with Gasteiger partial charge in [0.05, 0.1) is 25.5 Å². The van der Waals surface area contributed by atoms with E-state index >= 15 is 0 Å². The third kappa shape index (κ3) is 2.76. The normalized spacial score (nSPS) is 14.4. The van der Waals surface area contributed by atoms with Crippen molar-refractivity contribution in [3.63, 3.8) is 0 Å². The van der Waals surface area contributed by atoms with Crippen LogP contribution in [-0.4, -0.2) is 44.0 Å². The lowest BCUT2D eigenvalue weighted by Crippen LogP contribution is -2.30. The maximum Gasteiger partial charge on any atom is 0.354 e. The van der Waals surface area contributed by atoms with Gasteiger partial charge in [-0.05, 0) is 29.8 Å². The smallest absolute Gasteiger partial charge is 0.354 e. The Morgan fingerprint density at radius 2 is 2.04 bits per heavy atom. The van der Waals surface area contributed by atoms with E-state index in [0.717, 1.165) is 11.1 Å². The van der Waals surface area contributed by atoms with Crippen molar-refractivity contribution in [2.45, 2.75) is 6.04 Å². The number of aromatic carboxylic acids is 1. The number of hydrogen-bond donors (Lipinski definition) is 1. The van der Waals surface area contributed by atoms with Crippen LogP contribution in [0.15, 0.2) is 53.3 Å². The third-order valence-electron chi connectivity index (χ3n) is 4.54. The number of benzene rings is 1. The van der Waals surface area contributed by atoms with Gasteiger partial charge in [0.1, 0.15) is 11.2 Å². The quantitative estimate of drug-likeness (QED) is 0.595. The summed E-state index contributed by atoms with van der Waals surface area (Å²) in [5, 5.41) is 13.5. The number of carboxylic acids is 1. The molecule has 3 aromatic heterocycles. The number of nitrogens with zero attached hydrogens (tertiary/aromatic N) is 4. The van der Waals surface area contributed by atoms with Crippen LogP contribution in [0.3, 0.4) is 0 Å². The minimum atomic E-state index is -1.09. The molecule has 0 amide bonds. The molecule has 1 aliphatic heterocycles. The van der Waals surface area contributed by atoms with E-state index in [-0.39, 0.29) is 5.69 Å². The first-order valence-electron chi connectivity index (χ1n) is 8.40. The standard InChI is InChI=1S/C19H14N4O4/c24-19(25)16-6-12(3-4-20-16)18-22-15-5-11(1-2-17(15)27-18)13-7-21-23(8-13)14-9-26-10-14/h1-8,14H,9-10H2,(H,24,25). The molecular formula is C19H14N4O4. The monoisotopic (exact) mass is 362 g/mol. The molecule has 8 heteroatoms. The van der Waals surface area contributed by atoms with E-state index in [4.69, 9.17) is 14.3 Å². The number of hydrogen-bond acceptors (Lipinski definition) is 6. The van der Waals surface area contributed by atoms with Crippen LogP contribution in [0, 0.1) is 0 Å². The van der Waals surface area contributed by atoms with Gasteiger partial charge in [-0.3, -0.25) is 4.68 Å². The predicted molar refractivity (Wildman–Crippen MR) is 95.3 cm³/mol. The zero-order valence-corrected chi connectivity index (χ0v) is 14.1. The summed E-state index contributed by atoms with van der Waals surface area (Å²) in [5.41, 5.74) is 3.80. The van der Waals surface area contributed by atoms with Crippen molar-refractivity contribution in [2.24, 2.45) is 0 Å². The molecule has 0 unspecified atom stereocenters. The van der Waals surface area contributed by atoms with E-state index in [0.29, 0.717) is 41.8 Å². The Hall–Kier alpha value is -3.52. The summed E-state index contributed by atoms with van der Waals surface area (Å²) < 4.78 is 12.9. The Morgan fingerprint density at radius 3 is 2.81 bits per heavy atom. The fraction of sp³-hybridized carbons (Fsp3) is 0.158. The molecular weight excluding hydrogens is 348 g/mol. The maximum atomic E-state index is 11.1. The number of rotatable bonds is 4. The van der Waals surface area contributed by atoms with Crippen LogP contribution in [0.2, 0.25) is 0 Å². The lowest BCUT2D eigenvalue weighted by atomic mass is 10.1. The first-order chi connectivity index (χ1) is 13.2. The molecule has 1 aromatic carbocycles. The van der Waals surface area contributed by atoms with Crippen molar-refractivity contribution >= 4 is 17.1 Å². The molecule has 4 heterocycles. The van der Waals surface area contributed by atoms with Gasteiger partial charge in [0.25, 0.3) is 0 Å². The topological polar surface area (TPSA) is 103 Å². The molecule has 1 fully saturated rings. The van der Waals surface area contributed by atoms with E-state index in [1.165, 1.54) is 12.3 Å². The minimum absolute atomic E-state index is 0.0529. The number of oxazole rings is 1. The second kappa shape index (κ2) is 6.03. The predicted octanol–water partition coefficient (Wildman–Crippen LogP) is 3.02. The number of carbonyl (C=O) groups is 1.